The summed E-state index contributed by atoms with van der Waals surface area (Å²) in [6.07, 6.45) is 2.48. The molecule has 1 rings (SSSR count). The lowest BCUT2D eigenvalue weighted by atomic mass is 10.1. The first-order valence-electron chi connectivity index (χ1n) is 5.57. The van der Waals surface area contributed by atoms with Gasteiger partial charge in [0.1, 0.15) is 0 Å². The van der Waals surface area contributed by atoms with Crippen molar-refractivity contribution in [2.45, 2.75) is 38.1 Å². The summed E-state index contributed by atoms with van der Waals surface area (Å²) in [6, 6.07) is 9.19. The molecule has 0 aliphatic rings. The Morgan fingerprint density at radius 2 is 2.00 bits per heavy atom. The Bertz CT molecular complexity index is 298. The van der Waals surface area contributed by atoms with Crippen molar-refractivity contribution in [2.75, 3.05) is 11.9 Å². The third-order valence-corrected chi connectivity index (χ3v) is 3.49. The molecule has 0 aliphatic carbocycles. The molecule has 15 heavy (non-hydrogen) atoms. The van der Waals surface area contributed by atoms with Gasteiger partial charge in [-0.1, -0.05) is 47.5 Å². The maximum atomic E-state index is 3.54. The molecule has 1 atom stereocenters. The summed E-state index contributed by atoms with van der Waals surface area (Å²) in [7, 11) is 2.18. The summed E-state index contributed by atoms with van der Waals surface area (Å²) in [6.45, 7) is 4.52. The van der Waals surface area contributed by atoms with Crippen LogP contribution in [0.15, 0.2) is 24.3 Å². The van der Waals surface area contributed by atoms with Crippen LogP contribution in [0.3, 0.4) is 0 Å². The smallest absolute Gasteiger partial charge is 0.0407 e. The highest BCUT2D eigenvalue weighted by atomic mass is 79.9. The van der Waals surface area contributed by atoms with E-state index >= 15 is 0 Å². The molecule has 0 radical (unpaired) electrons. The zero-order valence-electron chi connectivity index (χ0n) is 9.83. The van der Waals surface area contributed by atoms with E-state index in [2.05, 4.69) is 66.0 Å². The minimum atomic E-state index is 0.607. The lowest BCUT2D eigenvalue weighted by Gasteiger charge is -2.28. The van der Waals surface area contributed by atoms with E-state index < -0.39 is 0 Å². The summed E-state index contributed by atoms with van der Waals surface area (Å²) in [4.78, 5) is 2.38. The van der Waals surface area contributed by atoms with E-state index in [-0.39, 0.29) is 0 Å². The van der Waals surface area contributed by atoms with Crippen LogP contribution < -0.4 is 4.90 Å². The average Bonchev–Trinajstić information content (AvgIpc) is 2.28. The van der Waals surface area contributed by atoms with Crippen molar-refractivity contribution in [1.82, 2.24) is 0 Å². The molecule has 1 aromatic carbocycles. The molecular formula is C13H20BrN. The average molecular weight is 270 g/mol. The third kappa shape index (κ3) is 3.23. The van der Waals surface area contributed by atoms with Gasteiger partial charge < -0.3 is 4.90 Å². The van der Waals surface area contributed by atoms with Crippen LogP contribution >= 0.6 is 15.9 Å². The Kier molecular flexibility index (Phi) is 5.16. The first-order chi connectivity index (χ1) is 7.20. The lowest BCUT2D eigenvalue weighted by molar-refractivity contribution is 0.615. The van der Waals surface area contributed by atoms with Crippen LogP contribution in [0.4, 0.5) is 5.69 Å². The van der Waals surface area contributed by atoms with Crippen molar-refractivity contribution in [2.24, 2.45) is 0 Å². The van der Waals surface area contributed by atoms with Crippen LogP contribution in [0.1, 0.15) is 32.3 Å². The summed E-state index contributed by atoms with van der Waals surface area (Å²) < 4.78 is 0. The first kappa shape index (κ1) is 12.6. The standard InChI is InChI=1S/C13H20BrN/c1-4-7-11(2)15(3)13-9-6-5-8-12(13)10-14/h5-6,8-9,11H,4,7,10H2,1-3H3. The van der Waals surface area contributed by atoms with E-state index in [1.165, 1.54) is 24.1 Å². The predicted octanol–water partition coefficient (Wildman–Crippen LogP) is 4.21. The van der Waals surface area contributed by atoms with Crippen LogP contribution in [0.25, 0.3) is 0 Å². The van der Waals surface area contributed by atoms with Gasteiger partial charge in [-0.2, -0.15) is 0 Å². The molecule has 0 saturated heterocycles. The Balaban J connectivity index is 2.84. The van der Waals surface area contributed by atoms with Gasteiger partial charge in [0.05, 0.1) is 0 Å². The molecule has 1 aromatic rings. The van der Waals surface area contributed by atoms with Gasteiger partial charge in [-0.25, -0.2) is 0 Å². The molecule has 0 heterocycles. The molecule has 0 aromatic heterocycles. The van der Waals surface area contributed by atoms with Gasteiger partial charge in [0, 0.05) is 24.1 Å². The number of para-hydroxylation sites is 1. The van der Waals surface area contributed by atoms with Crippen LogP contribution in [-0.2, 0) is 5.33 Å². The van der Waals surface area contributed by atoms with Crippen molar-refractivity contribution >= 4 is 21.6 Å². The van der Waals surface area contributed by atoms with Crippen molar-refractivity contribution in [3.63, 3.8) is 0 Å². The highest BCUT2D eigenvalue weighted by Crippen LogP contribution is 2.24. The highest BCUT2D eigenvalue weighted by molar-refractivity contribution is 9.08. The Hall–Kier alpha value is -0.500. The molecule has 0 N–H and O–H groups in total. The summed E-state index contributed by atoms with van der Waals surface area (Å²) in [5.74, 6) is 0. The van der Waals surface area contributed by atoms with Crippen molar-refractivity contribution in [1.29, 1.82) is 0 Å². The summed E-state index contributed by atoms with van der Waals surface area (Å²) in [5.41, 5.74) is 2.71. The van der Waals surface area contributed by atoms with Gasteiger partial charge in [0.25, 0.3) is 0 Å². The molecule has 0 aliphatic heterocycles. The fourth-order valence-electron chi connectivity index (χ4n) is 1.82. The van der Waals surface area contributed by atoms with Crippen LogP contribution in [0, 0.1) is 0 Å². The fraction of sp³-hybridized carbons (Fsp3) is 0.538. The molecule has 0 bridgehead atoms. The molecule has 0 fully saturated rings. The number of benzene rings is 1. The summed E-state index contributed by atoms with van der Waals surface area (Å²) in [5, 5.41) is 0.923. The van der Waals surface area contributed by atoms with E-state index in [1.54, 1.807) is 0 Å². The van der Waals surface area contributed by atoms with Gasteiger partial charge in [-0.05, 0) is 25.0 Å². The number of nitrogens with zero attached hydrogens (tertiary/aromatic N) is 1. The van der Waals surface area contributed by atoms with Gasteiger partial charge in [-0.15, -0.1) is 0 Å². The fourth-order valence-corrected chi connectivity index (χ4v) is 2.29. The largest absolute Gasteiger partial charge is 0.372 e. The number of anilines is 1. The maximum Gasteiger partial charge on any atom is 0.0407 e. The zero-order chi connectivity index (χ0) is 11.3. The second-order valence-corrected chi connectivity index (χ2v) is 4.57. The molecule has 0 spiro atoms. The normalized spacial score (nSPS) is 12.5. The van der Waals surface area contributed by atoms with Gasteiger partial charge in [-0.3, -0.25) is 0 Å². The second-order valence-electron chi connectivity index (χ2n) is 4.01. The van der Waals surface area contributed by atoms with E-state index in [0.717, 1.165) is 5.33 Å². The monoisotopic (exact) mass is 269 g/mol. The second kappa shape index (κ2) is 6.16. The Morgan fingerprint density at radius 1 is 1.33 bits per heavy atom. The number of hydrogen-bond donors (Lipinski definition) is 0. The molecular weight excluding hydrogens is 250 g/mol. The minimum Gasteiger partial charge on any atom is -0.372 e. The van der Waals surface area contributed by atoms with Crippen LogP contribution in [-0.4, -0.2) is 13.1 Å². The van der Waals surface area contributed by atoms with Crippen LogP contribution in [0.5, 0.6) is 0 Å². The van der Waals surface area contributed by atoms with Crippen molar-refractivity contribution < 1.29 is 0 Å². The van der Waals surface area contributed by atoms with E-state index in [0.29, 0.717) is 6.04 Å². The summed E-state index contributed by atoms with van der Waals surface area (Å²) >= 11 is 3.54. The highest BCUT2D eigenvalue weighted by Gasteiger charge is 2.11. The minimum absolute atomic E-state index is 0.607. The predicted molar refractivity (Wildman–Crippen MR) is 71.8 cm³/mol. The molecule has 0 saturated carbocycles. The third-order valence-electron chi connectivity index (χ3n) is 2.88. The van der Waals surface area contributed by atoms with Gasteiger partial charge >= 0.3 is 0 Å². The number of hydrogen-bond acceptors (Lipinski definition) is 1. The topological polar surface area (TPSA) is 3.24 Å². The van der Waals surface area contributed by atoms with Gasteiger partial charge in [0.15, 0.2) is 0 Å². The maximum absolute atomic E-state index is 3.54. The number of halogens is 1. The lowest BCUT2D eigenvalue weighted by Crippen LogP contribution is -2.29. The quantitative estimate of drug-likeness (QED) is 0.724. The van der Waals surface area contributed by atoms with Crippen molar-refractivity contribution in [3.05, 3.63) is 29.8 Å². The number of rotatable bonds is 5. The van der Waals surface area contributed by atoms with Gasteiger partial charge in [0.2, 0.25) is 0 Å². The molecule has 1 unspecified atom stereocenters. The zero-order valence-corrected chi connectivity index (χ0v) is 11.4. The first-order valence-corrected chi connectivity index (χ1v) is 6.69. The molecule has 84 valence electrons. The van der Waals surface area contributed by atoms with E-state index in [9.17, 15) is 0 Å². The SMILES string of the molecule is CCCC(C)N(C)c1ccccc1CBr. The van der Waals surface area contributed by atoms with Crippen LogP contribution in [0.2, 0.25) is 0 Å². The van der Waals surface area contributed by atoms with E-state index in [1.807, 2.05) is 0 Å². The van der Waals surface area contributed by atoms with Crippen molar-refractivity contribution in [3.8, 4) is 0 Å². The molecule has 2 heteroatoms. The Morgan fingerprint density at radius 3 is 2.60 bits per heavy atom. The van der Waals surface area contributed by atoms with E-state index in [4.69, 9.17) is 0 Å². The number of alkyl halides is 1. The molecule has 1 nitrogen and oxygen atoms in total. The Labute approximate surface area is 102 Å². The molecule has 0 amide bonds.